The molecule has 0 atom stereocenters. The van der Waals surface area contributed by atoms with E-state index in [1.807, 2.05) is 19.1 Å². The molecular formula is C13H18N2O3. The van der Waals surface area contributed by atoms with E-state index in [0.717, 1.165) is 12.0 Å². The van der Waals surface area contributed by atoms with Gasteiger partial charge in [-0.3, -0.25) is 0 Å². The fourth-order valence-electron chi connectivity index (χ4n) is 1.82. The highest BCUT2D eigenvalue weighted by molar-refractivity contribution is 5.47. The van der Waals surface area contributed by atoms with Crippen molar-refractivity contribution in [3.63, 3.8) is 0 Å². The lowest BCUT2D eigenvalue weighted by Gasteiger charge is -2.23. The Bertz CT molecular complexity index is 447. The molecule has 0 spiro atoms. The summed E-state index contributed by atoms with van der Waals surface area (Å²) in [5, 5.41) is 0. The fraction of sp³-hybridized carbons (Fsp3) is 0.385. The molecule has 5 heteroatoms. The maximum atomic E-state index is 5.91. The molecule has 0 saturated heterocycles. The van der Waals surface area contributed by atoms with Crippen LogP contribution in [0.1, 0.15) is 13.3 Å². The van der Waals surface area contributed by atoms with Gasteiger partial charge in [-0.1, -0.05) is 6.08 Å². The van der Waals surface area contributed by atoms with E-state index in [1.165, 1.54) is 0 Å². The highest BCUT2D eigenvalue weighted by Gasteiger charge is 2.23. The van der Waals surface area contributed by atoms with E-state index in [9.17, 15) is 0 Å². The molecule has 0 unspecified atom stereocenters. The molecule has 0 aromatic heterocycles. The van der Waals surface area contributed by atoms with Gasteiger partial charge >= 0.3 is 0 Å². The second kappa shape index (κ2) is 5.64. The Labute approximate surface area is 106 Å². The van der Waals surface area contributed by atoms with Crippen LogP contribution in [0, 0.1) is 0 Å². The van der Waals surface area contributed by atoms with Gasteiger partial charge in [0.2, 0.25) is 0 Å². The third kappa shape index (κ3) is 2.68. The molecule has 1 aliphatic carbocycles. The van der Waals surface area contributed by atoms with Crippen molar-refractivity contribution in [2.24, 2.45) is 11.5 Å². The van der Waals surface area contributed by atoms with E-state index < -0.39 is 0 Å². The Morgan fingerprint density at radius 2 is 2.17 bits per heavy atom. The minimum atomic E-state index is 0.285. The Hall–Kier alpha value is -1.88. The zero-order valence-electron chi connectivity index (χ0n) is 10.4. The lowest BCUT2D eigenvalue weighted by atomic mass is 10.0. The molecule has 0 saturated carbocycles. The first-order valence-electron chi connectivity index (χ1n) is 5.97. The number of rotatable bonds is 5. The van der Waals surface area contributed by atoms with Crippen molar-refractivity contribution in [3.8, 4) is 0 Å². The second-order valence-corrected chi connectivity index (χ2v) is 3.93. The van der Waals surface area contributed by atoms with Crippen LogP contribution in [0.2, 0.25) is 0 Å². The van der Waals surface area contributed by atoms with Crippen molar-refractivity contribution in [1.82, 2.24) is 0 Å². The van der Waals surface area contributed by atoms with Gasteiger partial charge in [0, 0.05) is 24.0 Å². The Balaban J connectivity index is 2.11. The van der Waals surface area contributed by atoms with Crippen LogP contribution in [0.3, 0.4) is 0 Å². The van der Waals surface area contributed by atoms with Crippen LogP contribution in [0.5, 0.6) is 0 Å². The molecular weight excluding hydrogens is 232 g/mol. The summed E-state index contributed by atoms with van der Waals surface area (Å²) >= 11 is 0. The molecule has 0 bridgehead atoms. The second-order valence-electron chi connectivity index (χ2n) is 3.93. The van der Waals surface area contributed by atoms with E-state index in [2.05, 4.69) is 0 Å². The van der Waals surface area contributed by atoms with Crippen molar-refractivity contribution in [2.75, 3.05) is 19.8 Å². The monoisotopic (exact) mass is 250 g/mol. The van der Waals surface area contributed by atoms with Crippen molar-refractivity contribution < 1.29 is 14.2 Å². The average Bonchev–Trinajstić information content (AvgIpc) is 2.35. The Morgan fingerprint density at radius 3 is 2.94 bits per heavy atom. The molecule has 2 aliphatic rings. The van der Waals surface area contributed by atoms with Gasteiger partial charge < -0.3 is 25.7 Å². The van der Waals surface area contributed by atoms with Crippen molar-refractivity contribution in [2.45, 2.75) is 13.3 Å². The molecule has 2 rings (SSSR count). The zero-order chi connectivity index (χ0) is 13.0. The first-order chi connectivity index (χ1) is 8.72. The number of allylic oxidation sites excluding steroid dienone is 4. The van der Waals surface area contributed by atoms with Gasteiger partial charge in [-0.25, -0.2) is 0 Å². The third-order valence-corrected chi connectivity index (χ3v) is 2.64. The molecule has 5 nitrogen and oxygen atoms in total. The van der Waals surface area contributed by atoms with Gasteiger partial charge in [0.25, 0.3) is 0 Å². The van der Waals surface area contributed by atoms with Crippen LogP contribution < -0.4 is 11.5 Å². The zero-order valence-corrected chi connectivity index (χ0v) is 10.4. The topological polar surface area (TPSA) is 79.7 Å². The molecule has 1 heterocycles. The number of nitrogens with two attached hydrogens (primary N) is 2. The molecule has 1 aliphatic heterocycles. The summed E-state index contributed by atoms with van der Waals surface area (Å²) in [6.07, 6.45) is 6.20. The summed E-state index contributed by atoms with van der Waals surface area (Å²) < 4.78 is 16.3. The smallest absolute Gasteiger partial charge is 0.193 e. The molecule has 98 valence electrons. The lowest BCUT2D eigenvalue weighted by molar-refractivity contribution is 0.0815. The van der Waals surface area contributed by atoms with Gasteiger partial charge in [0.1, 0.15) is 6.61 Å². The maximum Gasteiger partial charge on any atom is 0.193 e. The maximum absolute atomic E-state index is 5.91. The van der Waals surface area contributed by atoms with E-state index >= 15 is 0 Å². The van der Waals surface area contributed by atoms with Crippen molar-refractivity contribution in [1.29, 1.82) is 0 Å². The average molecular weight is 250 g/mol. The minimum Gasteiger partial charge on any atom is -0.487 e. The number of hydrogen-bond donors (Lipinski definition) is 2. The van der Waals surface area contributed by atoms with Gasteiger partial charge in [0.15, 0.2) is 17.4 Å². The highest BCUT2D eigenvalue weighted by Crippen LogP contribution is 2.32. The standard InChI is InChI=1S/C13H18N2O3/c1-2-16-6-7-17-11-5-3-4-9-10(14)8-12(15)18-13(9)11/h3,5,8H,2,4,6-7,14-15H2,1H3. The summed E-state index contributed by atoms with van der Waals surface area (Å²) in [7, 11) is 0. The molecule has 4 N–H and O–H groups in total. The molecule has 0 radical (unpaired) electrons. The quantitative estimate of drug-likeness (QED) is 0.718. The number of ether oxygens (including phenoxy) is 3. The van der Waals surface area contributed by atoms with Gasteiger partial charge in [-0.15, -0.1) is 0 Å². The molecule has 0 fully saturated rings. The van der Waals surface area contributed by atoms with E-state index in [-0.39, 0.29) is 5.88 Å². The van der Waals surface area contributed by atoms with Crippen LogP contribution >= 0.6 is 0 Å². The van der Waals surface area contributed by atoms with E-state index in [1.54, 1.807) is 6.08 Å². The number of hydrogen-bond acceptors (Lipinski definition) is 5. The lowest BCUT2D eigenvalue weighted by Crippen LogP contribution is -2.19. The predicted molar refractivity (Wildman–Crippen MR) is 67.8 cm³/mol. The highest BCUT2D eigenvalue weighted by atomic mass is 16.5. The summed E-state index contributed by atoms with van der Waals surface area (Å²) in [4.78, 5) is 0. The van der Waals surface area contributed by atoms with E-state index in [0.29, 0.717) is 37.0 Å². The molecule has 0 amide bonds. The largest absolute Gasteiger partial charge is 0.487 e. The SMILES string of the molecule is CCOCCOC1=C2OC(N)=CC(N)=C2CC=C1. The Morgan fingerprint density at radius 1 is 1.33 bits per heavy atom. The van der Waals surface area contributed by atoms with Crippen LogP contribution in [-0.2, 0) is 14.2 Å². The first kappa shape index (κ1) is 12.6. The van der Waals surface area contributed by atoms with Gasteiger partial charge in [-0.2, -0.15) is 0 Å². The van der Waals surface area contributed by atoms with E-state index in [4.69, 9.17) is 25.7 Å². The van der Waals surface area contributed by atoms with Gasteiger partial charge in [-0.05, 0) is 19.4 Å². The summed E-state index contributed by atoms with van der Waals surface area (Å²) in [6, 6.07) is 0. The Kier molecular flexibility index (Phi) is 3.94. The van der Waals surface area contributed by atoms with Gasteiger partial charge in [0.05, 0.1) is 6.61 Å². The van der Waals surface area contributed by atoms with Crippen LogP contribution in [-0.4, -0.2) is 19.8 Å². The summed E-state index contributed by atoms with van der Waals surface area (Å²) in [5.41, 5.74) is 13.1. The minimum absolute atomic E-state index is 0.285. The fourth-order valence-corrected chi connectivity index (χ4v) is 1.82. The van der Waals surface area contributed by atoms with Crippen molar-refractivity contribution >= 4 is 0 Å². The number of fused-ring (bicyclic) bond motifs is 1. The molecule has 0 aromatic carbocycles. The van der Waals surface area contributed by atoms with Crippen LogP contribution in [0.15, 0.2) is 46.9 Å². The summed E-state index contributed by atoms with van der Waals surface area (Å²) in [6.45, 7) is 3.63. The summed E-state index contributed by atoms with van der Waals surface area (Å²) in [5.74, 6) is 1.55. The molecule has 18 heavy (non-hydrogen) atoms. The van der Waals surface area contributed by atoms with Crippen molar-refractivity contribution in [3.05, 3.63) is 46.9 Å². The normalized spacial score (nSPS) is 18.4. The van der Waals surface area contributed by atoms with Crippen LogP contribution in [0.4, 0.5) is 0 Å². The van der Waals surface area contributed by atoms with Crippen LogP contribution in [0.25, 0.3) is 0 Å². The predicted octanol–water partition coefficient (Wildman–Crippen LogP) is 1.25. The third-order valence-electron chi connectivity index (χ3n) is 2.64. The molecule has 0 aromatic rings. The first-order valence-corrected chi connectivity index (χ1v) is 5.97.